The van der Waals surface area contributed by atoms with Crippen LogP contribution in [0.15, 0.2) is 12.1 Å². The average Bonchev–Trinajstić information content (AvgIpc) is 2.58. The summed E-state index contributed by atoms with van der Waals surface area (Å²) in [6.07, 6.45) is 1.27. The summed E-state index contributed by atoms with van der Waals surface area (Å²) < 4.78 is 11.4. The molecule has 0 fully saturated rings. The molecule has 0 saturated heterocycles. The molecule has 0 aliphatic carbocycles. The predicted molar refractivity (Wildman–Crippen MR) is 64.2 cm³/mol. The first kappa shape index (κ1) is 11.3. The third kappa shape index (κ3) is 2.14. The van der Waals surface area contributed by atoms with Crippen molar-refractivity contribution in [3.05, 3.63) is 23.3 Å². The van der Waals surface area contributed by atoms with Gasteiger partial charge < -0.3 is 14.8 Å². The molecule has 2 rings (SSSR count). The first-order chi connectivity index (χ1) is 7.74. The molecule has 1 aliphatic rings. The number of fused-ring (bicyclic) bond motifs is 1. The van der Waals surface area contributed by atoms with Gasteiger partial charge in [0.25, 0.3) is 0 Å². The third-order valence-electron chi connectivity index (χ3n) is 2.75. The monoisotopic (exact) mass is 221 g/mol. The molecule has 1 aromatic rings. The molecular formula is C13H19NO2. The van der Waals surface area contributed by atoms with Crippen molar-refractivity contribution in [2.45, 2.75) is 32.9 Å². The van der Waals surface area contributed by atoms with Crippen molar-refractivity contribution in [3.8, 4) is 11.5 Å². The second-order valence-corrected chi connectivity index (χ2v) is 4.16. The third-order valence-corrected chi connectivity index (χ3v) is 2.75. The fourth-order valence-electron chi connectivity index (χ4n) is 2.10. The van der Waals surface area contributed by atoms with Gasteiger partial charge in [-0.2, -0.15) is 0 Å². The molecule has 0 bridgehead atoms. The van der Waals surface area contributed by atoms with Crippen molar-refractivity contribution >= 4 is 0 Å². The molecule has 1 heterocycles. The number of nitrogens with one attached hydrogen (secondary N) is 1. The van der Waals surface area contributed by atoms with Gasteiger partial charge in [-0.1, -0.05) is 0 Å². The quantitative estimate of drug-likeness (QED) is 0.845. The number of ether oxygens (including phenoxy) is 2. The van der Waals surface area contributed by atoms with Crippen molar-refractivity contribution < 1.29 is 9.47 Å². The van der Waals surface area contributed by atoms with Crippen LogP contribution in [0.2, 0.25) is 0 Å². The number of rotatable bonds is 4. The predicted octanol–water partition coefficient (Wildman–Crippen LogP) is 2.13. The van der Waals surface area contributed by atoms with E-state index in [2.05, 4.69) is 24.4 Å². The van der Waals surface area contributed by atoms with Gasteiger partial charge in [0.2, 0.25) is 0 Å². The van der Waals surface area contributed by atoms with Crippen LogP contribution < -0.4 is 14.8 Å². The maximum atomic E-state index is 5.74. The molecule has 0 spiro atoms. The number of hydrogen-bond donors (Lipinski definition) is 1. The summed E-state index contributed by atoms with van der Waals surface area (Å²) in [6.45, 7) is 5.61. The van der Waals surface area contributed by atoms with E-state index >= 15 is 0 Å². The van der Waals surface area contributed by atoms with E-state index in [1.54, 1.807) is 0 Å². The van der Waals surface area contributed by atoms with E-state index in [-0.39, 0.29) is 6.10 Å². The molecule has 0 radical (unpaired) electrons. The highest BCUT2D eigenvalue weighted by atomic mass is 16.5. The van der Waals surface area contributed by atoms with Crippen LogP contribution in [-0.2, 0) is 13.0 Å². The van der Waals surface area contributed by atoms with Gasteiger partial charge in [0, 0.05) is 24.1 Å². The van der Waals surface area contributed by atoms with Gasteiger partial charge in [-0.05, 0) is 33.0 Å². The van der Waals surface area contributed by atoms with E-state index in [1.807, 2.05) is 14.0 Å². The van der Waals surface area contributed by atoms with Crippen LogP contribution in [0.4, 0.5) is 0 Å². The van der Waals surface area contributed by atoms with Crippen molar-refractivity contribution in [2.75, 3.05) is 13.7 Å². The molecule has 16 heavy (non-hydrogen) atoms. The van der Waals surface area contributed by atoms with Crippen molar-refractivity contribution in [2.24, 2.45) is 0 Å². The lowest BCUT2D eigenvalue weighted by atomic mass is 10.1. The molecule has 0 saturated carbocycles. The van der Waals surface area contributed by atoms with E-state index < -0.39 is 0 Å². The van der Waals surface area contributed by atoms with E-state index in [4.69, 9.17) is 9.47 Å². The first-order valence-electron chi connectivity index (χ1n) is 5.84. The Kier molecular flexibility index (Phi) is 3.34. The molecule has 1 aromatic carbocycles. The topological polar surface area (TPSA) is 30.5 Å². The molecule has 1 aliphatic heterocycles. The highest BCUT2D eigenvalue weighted by molar-refractivity contribution is 5.48. The zero-order valence-corrected chi connectivity index (χ0v) is 10.2. The summed E-state index contributed by atoms with van der Waals surface area (Å²) in [5.74, 6) is 1.99. The standard InChI is InChI=1S/C13H19NO2/c1-4-15-12-6-10-5-9(2)16-13(10)7-11(12)8-14-3/h6-7,9,14H,4-5,8H2,1-3H3. The van der Waals surface area contributed by atoms with Crippen molar-refractivity contribution in [3.63, 3.8) is 0 Å². The van der Waals surface area contributed by atoms with Gasteiger partial charge in [0.05, 0.1) is 6.61 Å². The second-order valence-electron chi connectivity index (χ2n) is 4.16. The Bertz CT molecular complexity index is 341. The smallest absolute Gasteiger partial charge is 0.124 e. The van der Waals surface area contributed by atoms with Crippen LogP contribution in [0.5, 0.6) is 11.5 Å². The summed E-state index contributed by atoms with van der Waals surface area (Å²) in [7, 11) is 1.94. The van der Waals surface area contributed by atoms with Crippen LogP contribution >= 0.6 is 0 Å². The summed E-state index contributed by atoms with van der Waals surface area (Å²) >= 11 is 0. The Morgan fingerprint density at radius 1 is 1.50 bits per heavy atom. The Morgan fingerprint density at radius 3 is 3.00 bits per heavy atom. The summed E-state index contributed by atoms with van der Waals surface area (Å²) in [6, 6.07) is 4.22. The maximum Gasteiger partial charge on any atom is 0.124 e. The van der Waals surface area contributed by atoms with Gasteiger partial charge in [-0.15, -0.1) is 0 Å². The minimum Gasteiger partial charge on any atom is -0.494 e. The fourth-order valence-corrected chi connectivity index (χ4v) is 2.10. The summed E-state index contributed by atoms with van der Waals surface area (Å²) in [5, 5.41) is 3.15. The fraction of sp³-hybridized carbons (Fsp3) is 0.538. The second kappa shape index (κ2) is 4.74. The van der Waals surface area contributed by atoms with E-state index in [0.29, 0.717) is 6.61 Å². The van der Waals surface area contributed by atoms with Crippen LogP contribution in [0.25, 0.3) is 0 Å². The highest BCUT2D eigenvalue weighted by Crippen LogP contribution is 2.34. The molecule has 1 unspecified atom stereocenters. The van der Waals surface area contributed by atoms with Crippen LogP contribution in [-0.4, -0.2) is 19.8 Å². The van der Waals surface area contributed by atoms with Gasteiger partial charge in [-0.3, -0.25) is 0 Å². The molecule has 88 valence electrons. The molecule has 1 atom stereocenters. The Hall–Kier alpha value is -1.22. The van der Waals surface area contributed by atoms with E-state index in [0.717, 1.165) is 30.0 Å². The molecule has 3 heteroatoms. The van der Waals surface area contributed by atoms with Gasteiger partial charge in [0.15, 0.2) is 0 Å². The normalized spacial score (nSPS) is 18.1. The molecule has 1 N–H and O–H groups in total. The van der Waals surface area contributed by atoms with Gasteiger partial charge >= 0.3 is 0 Å². The van der Waals surface area contributed by atoms with Gasteiger partial charge in [-0.25, -0.2) is 0 Å². The number of benzene rings is 1. The van der Waals surface area contributed by atoms with Crippen LogP contribution in [0.1, 0.15) is 25.0 Å². The Labute approximate surface area is 96.8 Å². The molecule has 0 aromatic heterocycles. The van der Waals surface area contributed by atoms with E-state index in [9.17, 15) is 0 Å². The molecule has 0 amide bonds. The first-order valence-corrected chi connectivity index (χ1v) is 5.84. The maximum absolute atomic E-state index is 5.74. The van der Waals surface area contributed by atoms with Crippen molar-refractivity contribution in [1.29, 1.82) is 0 Å². The Balaban J connectivity index is 2.33. The zero-order chi connectivity index (χ0) is 11.5. The lowest BCUT2D eigenvalue weighted by Gasteiger charge is -2.12. The van der Waals surface area contributed by atoms with Gasteiger partial charge in [0.1, 0.15) is 17.6 Å². The lowest BCUT2D eigenvalue weighted by Crippen LogP contribution is -2.08. The van der Waals surface area contributed by atoms with E-state index in [1.165, 1.54) is 5.56 Å². The SMILES string of the molecule is CCOc1cc2c(cc1CNC)OC(C)C2. The van der Waals surface area contributed by atoms with Crippen LogP contribution in [0.3, 0.4) is 0 Å². The largest absolute Gasteiger partial charge is 0.494 e. The minimum atomic E-state index is 0.286. The summed E-state index contributed by atoms with van der Waals surface area (Å²) in [4.78, 5) is 0. The molecule has 3 nitrogen and oxygen atoms in total. The minimum absolute atomic E-state index is 0.286. The van der Waals surface area contributed by atoms with Crippen molar-refractivity contribution in [1.82, 2.24) is 5.32 Å². The molecular weight excluding hydrogens is 202 g/mol. The average molecular weight is 221 g/mol. The highest BCUT2D eigenvalue weighted by Gasteiger charge is 2.21. The zero-order valence-electron chi connectivity index (χ0n) is 10.2. The van der Waals surface area contributed by atoms with Crippen LogP contribution in [0, 0.1) is 0 Å². The lowest BCUT2D eigenvalue weighted by molar-refractivity contribution is 0.254. The Morgan fingerprint density at radius 2 is 2.31 bits per heavy atom. The summed E-state index contributed by atoms with van der Waals surface area (Å²) in [5.41, 5.74) is 2.42. The number of hydrogen-bond acceptors (Lipinski definition) is 3.